The first-order chi connectivity index (χ1) is 31.5. The van der Waals surface area contributed by atoms with E-state index < -0.39 is 13.9 Å². The number of quaternary nitrogens is 1. The first kappa shape index (κ1) is 64.5. The van der Waals surface area contributed by atoms with E-state index in [1.165, 1.54) is 231 Å². The van der Waals surface area contributed by atoms with Crippen LogP contribution in [-0.2, 0) is 27.9 Å². The van der Waals surface area contributed by atoms with Crippen molar-refractivity contribution in [2.24, 2.45) is 5.92 Å². The monoisotopic (exact) mass is 945 g/mol. The minimum absolute atomic E-state index is 0.0946. The second-order valence-electron chi connectivity index (χ2n) is 21.2. The van der Waals surface area contributed by atoms with E-state index in [0.717, 1.165) is 32.1 Å². The summed E-state index contributed by atoms with van der Waals surface area (Å²) in [6, 6.07) is 0. The number of ether oxygens (including phenoxy) is 2. The maximum absolute atomic E-state index is 13.1. The van der Waals surface area contributed by atoms with Crippen LogP contribution in [0.5, 0.6) is 0 Å². The van der Waals surface area contributed by atoms with E-state index in [9.17, 15) is 14.3 Å². The van der Waals surface area contributed by atoms with Crippen LogP contribution in [0.4, 0.5) is 0 Å². The zero-order valence-corrected chi connectivity index (χ0v) is 45.6. The van der Waals surface area contributed by atoms with Gasteiger partial charge in [-0.15, -0.1) is 0 Å². The van der Waals surface area contributed by atoms with Gasteiger partial charge in [-0.1, -0.05) is 265 Å². The molecule has 65 heavy (non-hydrogen) atoms. The van der Waals surface area contributed by atoms with Crippen LogP contribution in [-0.4, -0.2) is 75.6 Å². The van der Waals surface area contributed by atoms with Gasteiger partial charge in [0.1, 0.15) is 19.3 Å². The van der Waals surface area contributed by atoms with Crippen molar-refractivity contribution >= 4 is 13.8 Å². The maximum atomic E-state index is 13.1. The Kier molecular flexibility index (Phi) is 48.1. The predicted molar refractivity (Wildman–Crippen MR) is 280 cm³/mol. The molecule has 0 heterocycles. The largest absolute Gasteiger partial charge is 0.472 e. The van der Waals surface area contributed by atoms with Gasteiger partial charge in [0.05, 0.1) is 34.4 Å². The molecule has 0 bridgehead atoms. The molecule has 0 saturated heterocycles. The van der Waals surface area contributed by atoms with E-state index in [1.807, 2.05) is 21.1 Å². The maximum Gasteiger partial charge on any atom is 0.472 e. The molecule has 0 aromatic heterocycles. The molecule has 0 spiro atoms. The van der Waals surface area contributed by atoms with E-state index in [0.29, 0.717) is 30.0 Å². The number of phosphoric acid groups is 1. The molecule has 0 radical (unpaired) electrons. The Bertz CT molecular complexity index is 995. The average Bonchev–Trinajstić information content (AvgIpc) is 3.26. The van der Waals surface area contributed by atoms with Gasteiger partial charge in [-0.25, -0.2) is 4.57 Å². The summed E-state index contributed by atoms with van der Waals surface area (Å²) in [5, 5.41) is 0. The smallest absolute Gasteiger partial charge is 0.457 e. The molecule has 0 aromatic carbocycles. The van der Waals surface area contributed by atoms with Gasteiger partial charge >= 0.3 is 13.8 Å². The second-order valence-corrected chi connectivity index (χ2v) is 22.6. The third kappa shape index (κ3) is 51.2. The van der Waals surface area contributed by atoms with Crippen LogP contribution in [0.2, 0.25) is 0 Å². The Hall–Kier alpha value is -0.500. The van der Waals surface area contributed by atoms with Crippen molar-refractivity contribution in [2.45, 2.75) is 297 Å². The number of likely N-dealkylation sites (N-methyl/N-ethyl adjacent to an activating group) is 1. The fraction of sp³-hybridized carbons (Fsp3) is 0.982. The molecule has 0 aromatic rings. The zero-order chi connectivity index (χ0) is 47.8. The van der Waals surface area contributed by atoms with Crippen LogP contribution in [0.25, 0.3) is 0 Å². The standard InChI is InChI=1S/C56H114NO7P/c1-7-10-13-16-19-22-25-28-29-30-33-36-39-42-45-48-56(58)64-55(53-63-65(59,60)62-50-49-57(4,5)6)52-61-51-54(46-43-40-37-34-31-26-23-20-17-14-11-8-2)47-44-41-38-35-32-27-24-21-18-15-12-9-3/h54-55H,7-53H2,1-6H3/p+1/t55-/m1/s1. The van der Waals surface area contributed by atoms with E-state index in [4.69, 9.17) is 18.5 Å². The lowest BCUT2D eigenvalue weighted by Crippen LogP contribution is -2.37. The minimum Gasteiger partial charge on any atom is -0.457 e. The molecule has 0 rings (SSSR count). The van der Waals surface area contributed by atoms with Crippen LogP contribution in [0.15, 0.2) is 0 Å². The predicted octanol–water partition coefficient (Wildman–Crippen LogP) is 17.8. The fourth-order valence-corrected chi connectivity index (χ4v) is 9.61. The van der Waals surface area contributed by atoms with Crippen molar-refractivity contribution in [3.8, 4) is 0 Å². The summed E-state index contributed by atoms with van der Waals surface area (Å²) >= 11 is 0. The molecule has 0 aliphatic heterocycles. The number of carbonyl (C=O) groups excluding carboxylic acids is 1. The third-order valence-electron chi connectivity index (χ3n) is 13.3. The average molecular weight is 946 g/mol. The molecule has 390 valence electrons. The number of nitrogens with zero attached hydrogens (tertiary/aromatic N) is 1. The molecule has 1 N–H and O–H groups in total. The van der Waals surface area contributed by atoms with Crippen molar-refractivity contribution in [3.63, 3.8) is 0 Å². The third-order valence-corrected chi connectivity index (χ3v) is 14.3. The van der Waals surface area contributed by atoms with Gasteiger partial charge in [-0.3, -0.25) is 13.8 Å². The molecule has 0 saturated carbocycles. The van der Waals surface area contributed by atoms with Crippen molar-refractivity contribution < 1.29 is 37.3 Å². The molecule has 9 heteroatoms. The SMILES string of the molecule is CCCCCCCCCCCCCCCCCC(=O)O[C@H](COCC(CCCCCCCCCCCCCC)CCCCCCCCCCCCCC)COP(=O)(O)OCC[N+](C)(C)C. The highest BCUT2D eigenvalue weighted by atomic mass is 31.2. The minimum atomic E-state index is -4.31. The fourth-order valence-electron chi connectivity index (χ4n) is 8.87. The number of unbranched alkanes of at least 4 members (excludes halogenated alkanes) is 36. The summed E-state index contributed by atoms with van der Waals surface area (Å²) in [5.74, 6) is 0.168. The van der Waals surface area contributed by atoms with Crippen LogP contribution >= 0.6 is 7.82 Å². The molecule has 0 fully saturated rings. The van der Waals surface area contributed by atoms with Crippen LogP contribution in [0.3, 0.4) is 0 Å². The summed E-state index contributed by atoms with van der Waals surface area (Å²) in [4.78, 5) is 23.5. The molecule has 0 aliphatic rings. The number of esters is 1. The van der Waals surface area contributed by atoms with Crippen LogP contribution in [0.1, 0.15) is 290 Å². The molecular formula is C56H115NO7P+. The number of carbonyl (C=O) groups is 1. The Labute approximate surface area is 406 Å². The highest BCUT2D eigenvalue weighted by molar-refractivity contribution is 7.47. The molecule has 1 unspecified atom stereocenters. The Morgan fingerprint density at radius 1 is 0.446 bits per heavy atom. The van der Waals surface area contributed by atoms with Gasteiger partial charge in [-0.05, 0) is 25.2 Å². The quantitative estimate of drug-likeness (QED) is 0.0281. The van der Waals surface area contributed by atoms with Gasteiger partial charge in [0.25, 0.3) is 0 Å². The van der Waals surface area contributed by atoms with Crippen molar-refractivity contribution in [2.75, 3.05) is 54.1 Å². The Morgan fingerprint density at radius 2 is 0.769 bits per heavy atom. The van der Waals surface area contributed by atoms with Gasteiger partial charge in [-0.2, -0.15) is 0 Å². The summed E-state index contributed by atoms with van der Waals surface area (Å²) in [7, 11) is 1.69. The summed E-state index contributed by atoms with van der Waals surface area (Å²) in [5.41, 5.74) is 0. The van der Waals surface area contributed by atoms with Crippen LogP contribution < -0.4 is 0 Å². The summed E-state index contributed by atoms with van der Waals surface area (Å²) in [6.07, 6.45) is 53.4. The topological polar surface area (TPSA) is 91.3 Å². The second kappa shape index (κ2) is 48.5. The normalized spacial score (nSPS) is 13.5. The highest BCUT2D eigenvalue weighted by Gasteiger charge is 2.26. The van der Waals surface area contributed by atoms with Gasteiger partial charge in [0.2, 0.25) is 0 Å². The number of hydrogen-bond acceptors (Lipinski definition) is 6. The summed E-state index contributed by atoms with van der Waals surface area (Å²) in [6.45, 7) is 8.04. The zero-order valence-electron chi connectivity index (χ0n) is 44.7. The number of hydrogen-bond donors (Lipinski definition) is 1. The van der Waals surface area contributed by atoms with E-state index >= 15 is 0 Å². The molecular weight excluding hydrogens is 830 g/mol. The van der Waals surface area contributed by atoms with Gasteiger partial charge < -0.3 is 18.9 Å². The molecule has 0 aliphatic carbocycles. The van der Waals surface area contributed by atoms with Crippen molar-refractivity contribution in [1.82, 2.24) is 0 Å². The lowest BCUT2D eigenvalue weighted by Gasteiger charge is -2.24. The highest BCUT2D eigenvalue weighted by Crippen LogP contribution is 2.43. The number of phosphoric ester groups is 1. The Morgan fingerprint density at radius 3 is 1.11 bits per heavy atom. The van der Waals surface area contributed by atoms with Gasteiger partial charge in [0, 0.05) is 13.0 Å². The van der Waals surface area contributed by atoms with Crippen LogP contribution in [0, 0.1) is 5.92 Å². The Balaban J connectivity index is 4.95. The lowest BCUT2D eigenvalue weighted by atomic mass is 9.94. The molecule has 8 nitrogen and oxygen atoms in total. The van der Waals surface area contributed by atoms with E-state index in [1.54, 1.807) is 0 Å². The molecule has 2 atom stereocenters. The number of rotatable bonds is 54. The first-order valence-corrected chi connectivity index (χ1v) is 30.2. The van der Waals surface area contributed by atoms with Gasteiger partial charge in [0.15, 0.2) is 0 Å². The first-order valence-electron chi connectivity index (χ1n) is 28.7. The van der Waals surface area contributed by atoms with E-state index in [-0.39, 0.29) is 25.8 Å². The molecule has 0 amide bonds. The summed E-state index contributed by atoms with van der Waals surface area (Å²) < 4.78 is 36.3. The van der Waals surface area contributed by atoms with Crippen molar-refractivity contribution in [3.05, 3.63) is 0 Å². The van der Waals surface area contributed by atoms with E-state index in [2.05, 4.69) is 20.8 Å². The lowest BCUT2D eigenvalue weighted by molar-refractivity contribution is -0.870. The van der Waals surface area contributed by atoms with Crippen molar-refractivity contribution in [1.29, 1.82) is 0 Å².